The lowest BCUT2D eigenvalue weighted by Gasteiger charge is -2.47. The Kier molecular flexibility index (Phi) is 8.31. The number of hydrogen-bond donors (Lipinski definition) is 0. The smallest absolute Gasteiger partial charge is 0.164 e. The van der Waals surface area contributed by atoms with Gasteiger partial charge in [0, 0.05) is 33.0 Å². The summed E-state index contributed by atoms with van der Waals surface area (Å²) in [6.45, 7) is 6.64. The van der Waals surface area contributed by atoms with E-state index in [0.29, 0.717) is 17.5 Å². The van der Waals surface area contributed by atoms with E-state index < -0.39 is 5.41 Å². The number of nitrogens with zero attached hydrogens (tertiary/aromatic N) is 4. The quantitative estimate of drug-likeness (QED) is 0.168. The highest BCUT2D eigenvalue weighted by atomic mass is 16.3. The molecule has 5 heteroatoms. The van der Waals surface area contributed by atoms with Crippen molar-refractivity contribution in [2.45, 2.75) is 26.2 Å². The van der Waals surface area contributed by atoms with Crippen LogP contribution in [0.4, 0.5) is 17.1 Å². The molecule has 0 amide bonds. The fraction of sp³-hybridized carbons (Fsp3) is 0.0727. The molecule has 1 aliphatic rings. The molecule has 10 aromatic rings. The summed E-state index contributed by atoms with van der Waals surface area (Å²) in [6.07, 6.45) is 0. The van der Waals surface area contributed by atoms with Crippen molar-refractivity contribution in [3.63, 3.8) is 0 Å². The number of para-hydroxylation sites is 4. The maximum absolute atomic E-state index is 6.88. The van der Waals surface area contributed by atoms with Crippen molar-refractivity contribution in [2.24, 2.45) is 0 Å². The molecule has 0 unspecified atom stereocenters. The minimum atomic E-state index is -0.707. The van der Waals surface area contributed by atoms with E-state index >= 15 is 0 Å². The van der Waals surface area contributed by atoms with Crippen LogP contribution in [0.2, 0.25) is 0 Å². The highest BCUT2D eigenvalue weighted by Crippen LogP contribution is 2.59. The lowest BCUT2D eigenvalue weighted by Crippen LogP contribution is -2.38. The lowest BCUT2D eigenvalue weighted by molar-refractivity contribution is 0.643. The topological polar surface area (TPSA) is 55.1 Å². The van der Waals surface area contributed by atoms with E-state index in [0.717, 1.165) is 77.9 Å². The molecule has 0 bridgehead atoms. The van der Waals surface area contributed by atoms with Crippen molar-refractivity contribution < 1.29 is 4.42 Å². The number of hydrogen-bond acceptors (Lipinski definition) is 5. The van der Waals surface area contributed by atoms with E-state index in [1.807, 2.05) is 42.5 Å². The van der Waals surface area contributed by atoms with Gasteiger partial charge in [-0.2, -0.15) is 0 Å². The minimum absolute atomic E-state index is 0.647. The first-order valence-corrected chi connectivity index (χ1v) is 20.5. The molecule has 0 saturated carbocycles. The summed E-state index contributed by atoms with van der Waals surface area (Å²) < 4.78 is 6.88. The van der Waals surface area contributed by atoms with Crippen LogP contribution in [0.3, 0.4) is 0 Å². The van der Waals surface area contributed by atoms with E-state index in [1.54, 1.807) is 0 Å². The highest BCUT2D eigenvalue weighted by Gasteiger charge is 2.48. The van der Waals surface area contributed by atoms with Crippen LogP contribution in [0.25, 0.3) is 56.1 Å². The van der Waals surface area contributed by atoms with Gasteiger partial charge >= 0.3 is 0 Å². The van der Waals surface area contributed by atoms with Crippen molar-refractivity contribution in [1.29, 1.82) is 0 Å². The number of fused-ring (bicyclic) bond motifs is 5. The highest BCUT2D eigenvalue weighted by molar-refractivity contribution is 6.07. The van der Waals surface area contributed by atoms with Gasteiger partial charge in [0.1, 0.15) is 11.2 Å². The fourth-order valence-corrected chi connectivity index (χ4v) is 9.55. The van der Waals surface area contributed by atoms with Gasteiger partial charge in [0.25, 0.3) is 0 Å². The molecule has 1 aliphatic heterocycles. The number of anilines is 3. The predicted octanol–water partition coefficient (Wildman–Crippen LogP) is 13.9. The third-order valence-electron chi connectivity index (χ3n) is 12.3. The van der Waals surface area contributed by atoms with E-state index in [1.165, 1.54) is 16.7 Å². The Morgan fingerprint density at radius 1 is 0.450 bits per heavy atom. The average molecular weight is 773 g/mol. The first-order valence-electron chi connectivity index (χ1n) is 20.5. The second-order valence-corrected chi connectivity index (χ2v) is 15.6. The third-order valence-corrected chi connectivity index (χ3v) is 12.3. The van der Waals surface area contributed by atoms with Crippen molar-refractivity contribution >= 4 is 39.0 Å². The van der Waals surface area contributed by atoms with Crippen LogP contribution >= 0.6 is 0 Å². The molecule has 3 heterocycles. The summed E-state index contributed by atoms with van der Waals surface area (Å²) in [4.78, 5) is 17.7. The van der Waals surface area contributed by atoms with E-state index in [-0.39, 0.29) is 0 Å². The van der Waals surface area contributed by atoms with E-state index in [4.69, 9.17) is 19.4 Å². The second-order valence-electron chi connectivity index (χ2n) is 15.6. The Labute approximate surface area is 349 Å². The van der Waals surface area contributed by atoms with Crippen LogP contribution in [0.5, 0.6) is 0 Å². The Morgan fingerprint density at radius 2 is 0.950 bits per heavy atom. The molecule has 11 rings (SSSR count). The zero-order valence-electron chi connectivity index (χ0n) is 33.6. The summed E-state index contributed by atoms with van der Waals surface area (Å²) in [5, 5.41) is 2.22. The van der Waals surface area contributed by atoms with Crippen molar-refractivity contribution in [2.75, 3.05) is 4.90 Å². The summed E-state index contributed by atoms with van der Waals surface area (Å²) >= 11 is 0. The number of benzene rings is 8. The van der Waals surface area contributed by atoms with E-state index in [9.17, 15) is 0 Å². The van der Waals surface area contributed by atoms with Gasteiger partial charge in [-0.15, -0.1) is 0 Å². The van der Waals surface area contributed by atoms with Crippen molar-refractivity contribution in [1.82, 2.24) is 15.0 Å². The van der Waals surface area contributed by atoms with Gasteiger partial charge < -0.3 is 9.32 Å². The zero-order valence-corrected chi connectivity index (χ0v) is 33.6. The third kappa shape index (κ3) is 5.36. The Hall–Kier alpha value is -7.63. The lowest BCUT2D eigenvalue weighted by atomic mass is 9.62. The molecule has 5 nitrogen and oxygen atoms in total. The SMILES string of the molecule is Cc1cc(-c2nc(-c3ccccc3)nc(-c3ccccc3)n2)c(C)c(C)c1N1c2ccccc2C(c2ccccc2)(c2cccc3c2oc2ccccc23)c2ccccc21. The maximum Gasteiger partial charge on any atom is 0.164 e. The van der Waals surface area contributed by atoms with Crippen LogP contribution < -0.4 is 4.90 Å². The molecule has 0 saturated heterocycles. The Bertz CT molecular complexity index is 3140. The monoisotopic (exact) mass is 772 g/mol. The molecule has 8 aromatic carbocycles. The molecule has 2 aromatic heterocycles. The molecule has 0 radical (unpaired) electrons. The van der Waals surface area contributed by atoms with Gasteiger partial charge in [0.2, 0.25) is 0 Å². The minimum Gasteiger partial charge on any atom is -0.456 e. The predicted molar refractivity (Wildman–Crippen MR) is 244 cm³/mol. The van der Waals surface area contributed by atoms with Gasteiger partial charge in [-0.25, -0.2) is 15.0 Å². The van der Waals surface area contributed by atoms with Gasteiger partial charge in [-0.3, -0.25) is 0 Å². The number of rotatable bonds is 6. The van der Waals surface area contributed by atoms with Crippen LogP contribution in [0, 0.1) is 20.8 Å². The van der Waals surface area contributed by atoms with E-state index in [2.05, 4.69) is 171 Å². The van der Waals surface area contributed by atoms with Crippen molar-refractivity contribution in [3.05, 3.63) is 227 Å². The van der Waals surface area contributed by atoms with Gasteiger partial charge in [0.05, 0.1) is 22.5 Å². The molecule has 60 heavy (non-hydrogen) atoms. The molecule has 0 N–H and O–H groups in total. The summed E-state index contributed by atoms with van der Waals surface area (Å²) in [5.41, 5.74) is 15.4. The van der Waals surface area contributed by atoms with Crippen LogP contribution in [0.1, 0.15) is 38.9 Å². The molecule has 0 atom stereocenters. The van der Waals surface area contributed by atoms with Crippen LogP contribution in [-0.4, -0.2) is 15.0 Å². The van der Waals surface area contributed by atoms with Gasteiger partial charge in [-0.05, 0) is 78.4 Å². The first-order chi connectivity index (χ1) is 29.5. The number of aryl methyl sites for hydroxylation is 1. The summed E-state index contributed by atoms with van der Waals surface area (Å²) in [7, 11) is 0. The molecule has 0 fully saturated rings. The maximum atomic E-state index is 6.88. The Balaban J connectivity index is 1.16. The zero-order chi connectivity index (χ0) is 40.4. The van der Waals surface area contributed by atoms with Crippen LogP contribution in [-0.2, 0) is 5.41 Å². The molecular weight excluding hydrogens is 733 g/mol. The van der Waals surface area contributed by atoms with Crippen LogP contribution in [0.15, 0.2) is 192 Å². The molecular formula is C55H40N4O. The van der Waals surface area contributed by atoms with Gasteiger partial charge in [-0.1, -0.05) is 164 Å². The molecule has 0 spiro atoms. The van der Waals surface area contributed by atoms with Crippen molar-refractivity contribution in [3.8, 4) is 34.2 Å². The van der Waals surface area contributed by atoms with Gasteiger partial charge in [0.15, 0.2) is 17.5 Å². The normalized spacial score (nSPS) is 13.0. The molecule has 0 aliphatic carbocycles. The number of furan rings is 1. The first kappa shape index (κ1) is 35.5. The Morgan fingerprint density at radius 3 is 1.58 bits per heavy atom. The summed E-state index contributed by atoms with van der Waals surface area (Å²) in [6, 6.07) is 66.3. The fourth-order valence-electron chi connectivity index (χ4n) is 9.55. The average Bonchev–Trinajstić information content (AvgIpc) is 3.70. The number of aromatic nitrogens is 3. The second kappa shape index (κ2) is 14.0. The summed E-state index contributed by atoms with van der Waals surface area (Å²) in [5.74, 6) is 1.95. The standard InChI is InChI=1S/C55H40N4O/c1-35-34-43(54-57-52(38-20-7-4-8-21-38)56-53(58-54)39-22-9-5-10-23-39)36(2)37(3)50(35)59-47-31-16-14-28-44(47)55(40-24-11-6-12-25-40,45-29-15-17-32-48(45)59)46-30-19-27-42-41-26-13-18-33-49(41)60-51(42)46/h4-34H,1-3H3. The molecule has 286 valence electrons. The largest absolute Gasteiger partial charge is 0.456 e.